The van der Waals surface area contributed by atoms with E-state index in [-0.39, 0.29) is 0 Å². The predicted octanol–water partition coefficient (Wildman–Crippen LogP) is 3.39. The van der Waals surface area contributed by atoms with Gasteiger partial charge in [0.2, 0.25) is 0 Å². The van der Waals surface area contributed by atoms with Gasteiger partial charge in [-0.15, -0.1) is 0 Å². The molecule has 0 unspecified atom stereocenters. The Labute approximate surface area is 86.1 Å². The Kier molecular flexibility index (Phi) is 3.65. The molecule has 0 aliphatic heterocycles. The molecule has 12 heavy (non-hydrogen) atoms. The van der Waals surface area contributed by atoms with Crippen molar-refractivity contribution in [2.45, 2.75) is 6.92 Å². The Balaban J connectivity index is 3.05. The first-order chi connectivity index (χ1) is 5.74. The van der Waals surface area contributed by atoms with Crippen LogP contribution in [0.4, 0.5) is 0 Å². The van der Waals surface area contributed by atoms with Crippen LogP contribution in [0.15, 0.2) is 18.2 Å². The number of hydrogen-bond acceptors (Lipinski definition) is 0. The Morgan fingerprint density at radius 2 is 2.25 bits per heavy atom. The number of hydrogen-bond donors (Lipinski definition) is 0. The SMILES string of the molecule is Cc1ccc(Cl)c(C#CCBr)c1. The lowest BCUT2D eigenvalue weighted by molar-refractivity contribution is 1.45. The number of aryl methyl sites for hydroxylation is 1. The molecule has 0 N–H and O–H groups in total. The second kappa shape index (κ2) is 4.54. The van der Waals surface area contributed by atoms with E-state index in [2.05, 4.69) is 27.8 Å². The van der Waals surface area contributed by atoms with Gasteiger partial charge >= 0.3 is 0 Å². The Morgan fingerprint density at radius 3 is 2.92 bits per heavy atom. The highest BCUT2D eigenvalue weighted by molar-refractivity contribution is 9.09. The second-order valence-corrected chi connectivity index (χ2v) is 3.39. The maximum Gasteiger partial charge on any atom is 0.0649 e. The molecule has 0 aromatic heterocycles. The van der Waals surface area contributed by atoms with Crippen LogP contribution < -0.4 is 0 Å². The second-order valence-electron chi connectivity index (χ2n) is 2.42. The van der Waals surface area contributed by atoms with Crippen LogP contribution >= 0.6 is 27.5 Å². The summed E-state index contributed by atoms with van der Waals surface area (Å²) in [4.78, 5) is 0. The van der Waals surface area contributed by atoms with Gasteiger partial charge in [-0.2, -0.15) is 0 Å². The number of benzene rings is 1. The van der Waals surface area contributed by atoms with Crippen molar-refractivity contribution in [3.8, 4) is 11.8 Å². The van der Waals surface area contributed by atoms with Crippen LogP contribution in [0.3, 0.4) is 0 Å². The molecule has 0 aliphatic carbocycles. The molecule has 0 atom stereocenters. The van der Waals surface area contributed by atoms with E-state index in [9.17, 15) is 0 Å². The molecule has 0 saturated heterocycles. The molecular weight excluding hydrogens is 235 g/mol. The van der Waals surface area contributed by atoms with Gasteiger partial charge in [0.25, 0.3) is 0 Å². The number of alkyl halides is 1. The van der Waals surface area contributed by atoms with E-state index >= 15 is 0 Å². The first-order valence-corrected chi connectivity index (χ1v) is 5.05. The van der Waals surface area contributed by atoms with Crippen molar-refractivity contribution in [1.29, 1.82) is 0 Å². The highest BCUT2D eigenvalue weighted by atomic mass is 79.9. The minimum atomic E-state index is 0.678. The quantitative estimate of drug-likeness (QED) is 0.484. The van der Waals surface area contributed by atoms with Gasteiger partial charge in [0.1, 0.15) is 0 Å². The molecule has 0 aliphatic rings. The first kappa shape index (κ1) is 9.64. The monoisotopic (exact) mass is 242 g/mol. The lowest BCUT2D eigenvalue weighted by Gasteiger charge is -1.96. The molecule has 1 aromatic rings. The molecule has 0 saturated carbocycles. The van der Waals surface area contributed by atoms with Crippen molar-refractivity contribution in [3.05, 3.63) is 34.3 Å². The van der Waals surface area contributed by atoms with Gasteiger partial charge in [-0.25, -0.2) is 0 Å². The molecule has 1 rings (SSSR count). The molecule has 0 radical (unpaired) electrons. The van der Waals surface area contributed by atoms with Crippen molar-refractivity contribution >= 4 is 27.5 Å². The van der Waals surface area contributed by atoms with Crippen LogP contribution in [0.1, 0.15) is 11.1 Å². The fourth-order valence-corrected chi connectivity index (χ4v) is 1.17. The average Bonchev–Trinajstić information content (AvgIpc) is 2.07. The maximum atomic E-state index is 5.91. The summed E-state index contributed by atoms with van der Waals surface area (Å²) >= 11 is 9.15. The largest absolute Gasteiger partial charge is 0.0863 e. The van der Waals surface area contributed by atoms with Crippen molar-refractivity contribution < 1.29 is 0 Å². The summed E-state index contributed by atoms with van der Waals surface area (Å²) in [5.41, 5.74) is 2.08. The van der Waals surface area contributed by atoms with Crippen LogP contribution in [0.25, 0.3) is 0 Å². The molecule has 0 fully saturated rings. The van der Waals surface area contributed by atoms with Crippen molar-refractivity contribution in [1.82, 2.24) is 0 Å². The minimum absolute atomic E-state index is 0.678. The van der Waals surface area contributed by atoms with E-state index < -0.39 is 0 Å². The van der Waals surface area contributed by atoms with Gasteiger partial charge in [-0.1, -0.05) is 45.4 Å². The summed E-state index contributed by atoms with van der Waals surface area (Å²) < 4.78 is 0. The van der Waals surface area contributed by atoms with Crippen LogP contribution in [-0.4, -0.2) is 5.33 Å². The van der Waals surface area contributed by atoms with Crippen LogP contribution in [0.5, 0.6) is 0 Å². The Morgan fingerprint density at radius 1 is 1.50 bits per heavy atom. The molecule has 0 amide bonds. The minimum Gasteiger partial charge on any atom is -0.0863 e. The van der Waals surface area contributed by atoms with Crippen LogP contribution in [-0.2, 0) is 0 Å². The normalized spacial score (nSPS) is 8.92. The van der Waals surface area contributed by atoms with E-state index in [0.29, 0.717) is 10.4 Å². The molecule has 2 heteroatoms. The predicted molar refractivity (Wildman–Crippen MR) is 56.9 cm³/mol. The summed E-state index contributed by atoms with van der Waals surface area (Å²) in [6, 6.07) is 5.83. The van der Waals surface area contributed by atoms with Crippen molar-refractivity contribution in [2.75, 3.05) is 5.33 Å². The highest BCUT2D eigenvalue weighted by Gasteiger charge is 1.95. The summed E-state index contributed by atoms with van der Waals surface area (Å²) in [7, 11) is 0. The third-order valence-corrected chi connectivity index (χ3v) is 2.02. The lowest BCUT2D eigenvalue weighted by Crippen LogP contribution is -1.79. The van der Waals surface area contributed by atoms with Gasteiger partial charge in [-0.3, -0.25) is 0 Å². The van der Waals surface area contributed by atoms with Gasteiger partial charge in [0.15, 0.2) is 0 Å². The third-order valence-electron chi connectivity index (χ3n) is 1.41. The van der Waals surface area contributed by atoms with Crippen LogP contribution in [0.2, 0.25) is 5.02 Å². The first-order valence-electron chi connectivity index (χ1n) is 3.55. The number of rotatable bonds is 0. The molecule has 0 spiro atoms. The van der Waals surface area contributed by atoms with Gasteiger partial charge in [-0.05, 0) is 24.6 Å². The van der Waals surface area contributed by atoms with Crippen molar-refractivity contribution in [3.63, 3.8) is 0 Å². The highest BCUT2D eigenvalue weighted by Crippen LogP contribution is 2.15. The molecule has 0 nitrogen and oxygen atoms in total. The van der Waals surface area contributed by atoms with Crippen molar-refractivity contribution in [2.24, 2.45) is 0 Å². The lowest BCUT2D eigenvalue weighted by atomic mass is 10.1. The molecular formula is C10H8BrCl. The van der Waals surface area contributed by atoms with E-state index in [1.165, 1.54) is 5.56 Å². The third kappa shape index (κ3) is 2.55. The summed E-state index contributed by atoms with van der Waals surface area (Å²) in [6.07, 6.45) is 0. The Bertz CT molecular complexity index is 333. The van der Waals surface area contributed by atoms with E-state index in [1.54, 1.807) is 0 Å². The summed E-state index contributed by atoms with van der Waals surface area (Å²) in [6.45, 7) is 2.02. The molecule has 62 valence electrons. The van der Waals surface area contributed by atoms with E-state index in [1.807, 2.05) is 25.1 Å². The van der Waals surface area contributed by atoms with E-state index in [0.717, 1.165) is 5.56 Å². The zero-order valence-corrected chi connectivity index (χ0v) is 9.04. The zero-order chi connectivity index (χ0) is 8.97. The fourth-order valence-electron chi connectivity index (χ4n) is 0.864. The standard InChI is InChI=1S/C10H8BrCl/c1-8-4-5-10(12)9(7-8)3-2-6-11/h4-5,7H,6H2,1H3. The van der Waals surface area contributed by atoms with Gasteiger partial charge in [0.05, 0.1) is 10.4 Å². The molecule has 1 aromatic carbocycles. The van der Waals surface area contributed by atoms with Crippen LogP contribution in [0, 0.1) is 18.8 Å². The van der Waals surface area contributed by atoms with Gasteiger partial charge < -0.3 is 0 Å². The zero-order valence-electron chi connectivity index (χ0n) is 6.70. The fraction of sp³-hybridized carbons (Fsp3) is 0.200. The van der Waals surface area contributed by atoms with Gasteiger partial charge in [0, 0.05) is 5.56 Å². The number of halogens is 2. The van der Waals surface area contributed by atoms with E-state index in [4.69, 9.17) is 11.6 Å². The Hall–Kier alpha value is -0.450. The molecule has 0 bridgehead atoms. The summed E-state index contributed by atoms with van der Waals surface area (Å²) in [5.74, 6) is 5.89. The maximum absolute atomic E-state index is 5.91. The molecule has 0 heterocycles. The smallest absolute Gasteiger partial charge is 0.0649 e. The topological polar surface area (TPSA) is 0 Å². The summed E-state index contributed by atoms with van der Waals surface area (Å²) in [5, 5.41) is 1.39. The average molecular weight is 244 g/mol.